The van der Waals surface area contributed by atoms with Crippen molar-refractivity contribution in [2.75, 3.05) is 39.0 Å². The van der Waals surface area contributed by atoms with Gasteiger partial charge in [0.15, 0.2) is 5.75 Å². The lowest BCUT2D eigenvalue weighted by Crippen LogP contribution is -2.51. The molecule has 1 amide bonds. The van der Waals surface area contributed by atoms with Crippen molar-refractivity contribution in [1.82, 2.24) is 9.21 Å². The Balaban J connectivity index is 2.57. The SMILES string of the molecule is COC(=O)N1CCN(S(=O)(=O)CC(=O)O)CC1. The number of hydrogen-bond donors (Lipinski definition) is 1. The van der Waals surface area contributed by atoms with Crippen molar-refractivity contribution < 1.29 is 27.9 Å². The van der Waals surface area contributed by atoms with Crippen LogP contribution in [0.4, 0.5) is 4.79 Å². The summed E-state index contributed by atoms with van der Waals surface area (Å²) in [4.78, 5) is 22.9. The molecule has 1 N–H and O–H groups in total. The molecule has 0 radical (unpaired) electrons. The smallest absolute Gasteiger partial charge is 0.409 e. The third-order valence-electron chi connectivity index (χ3n) is 2.37. The predicted octanol–water partition coefficient (Wildman–Crippen LogP) is -1.22. The Hall–Kier alpha value is -1.35. The zero-order valence-corrected chi connectivity index (χ0v) is 10.1. The number of nitrogens with zero attached hydrogens (tertiary/aromatic N) is 2. The molecule has 1 aliphatic heterocycles. The summed E-state index contributed by atoms with van der Waals surface area (Å²) in [6.07, 6.45) is -0.514. The lowest BCUT2D eigenvalue weighted by atomic mass is 10.4. The van der Waals surface area contributed by atoms with Crippen LogP contribution < -0.4 is 0 Å². The molecular formula is C8H14N2O6S. The Morgan fingerprint density at radius 2 is 1.76 bits per heavy atom. The highest BCUT2D eigenvalue weighted by atomic mass is 32.2. The van der Waals surface area contributed by atoms with Crippen LogP contribution >= 0.6 is 0 Å². The van der Waals surface area contributed by atoms with Crippen LogP contribution in [0.3, 0.4) is 0 Å². The number of rotatable bonds is 3. The standard InChI is InChI=1S/C8H14N2O6S/c1-16-8(13)9-2-4-10(5-3-9)17(14,15)6-7(11)12/h2-6H2,1H3,(H,11,12). The van der Waals surface area contributed by atoms with Crippen LogP contribution in [0.15, 0.2) is 0 Å². The molecule has 0 atom stereocenters. The summed E-state index contributed by atoms with van der Waals surface area (Å²) < 4.78 is 28.7. The molecule has 17 heavy (non-hydrogen) atoms. The van der Waals surface area contributed by atoms with Crippen LogP contribution in [0.5, 0.6) is 0 Å². The molecule has 0 unspecified atom stereocenters. The van der Waals surface area contributed by atoms with E-state index in [-0.39, 0.29) is 26.2 Å². The van der Waals surface area contributed by atoms with E-state index in [0.29, 0.717) is 0 Å². The van der Waals surface area contributed by atoms with Crippen LogP contribution in [0.2, 0.25) is 0 Å². The van der Waals surface area contributed by atoms with E-state index in [1.54, 1.807) is 0 Å². The number of carbonyl (C=O) groups is 2. The molecule has 0 bridgehead atoms. The quantitative estimate of drug-likeness (QED) is 0.687. The molecule has 1 saturated heterocycles. The first-order chi connectivity index (χ1) is 7.86. The van der Waals surface area contributed by atoms with Crippen LogP contribution in [0.25, 0.3) is 0 Å². The molecule has 0 aromatic heterocycles. The van der Waals surface area contributed by atoms with Gasteiger partial charge in [0, 0.05) is 26.2 Å². The summed E-state index contributed by atoms with van der Waals surface area (Å²) >= 11 is 0. The van der Waals surface area contributed by atoms with Crippen molar-refractivity contribution in [3.63, 3.8) is 0 Å². The molecule has 1 fully saturated rings. The average molecular weight is 266 g/mol. The van der Waals surface area contributed by atoms with Crippen molar-refractivity contribution in [3.8, 4) is 0 Å². The van der Waals surface area contributed by atoms with E-state index in [1.165, 1.54) is 12.0 Å². The normalized spacial score (nSPS) is 17.8. The summed E-state index contributed by atoms with van der Waals surface area (Å²) in [6.45, 7) is 0.576. The monoisotopic (exact) mass is 266 g/mol. The van der Waals surface area contributed by atoms with Gasteiger partial charge in [0.2, 0.25) is 10.0 Å². The molecule has 1 aliphatic rings. The Kier molecular flexibility index (Phi) is 4.29. The number of hydrogen-bond acceptors (Lipinski definition) is 5. The second kappa shape index (κ2) is 5.32. The van der Waals surface area contributed by atoms with Crippen LogP contribution in [-0.2, 0) is 19.6 Å². The summed E-state index contributed by atoms with van der Waals surface area (Å²) in [5.74, 6) is -2.31. The Labute approximate surface area is 98.8 Å². The number of carboxylic acids is 1. The average Bonchev–Trinajstić information content (AvgIpc) is 2.26. The number of carboxylic acid groups (broad SMARTS) is 1. The van der Waals surface area contributed by atoms with Crippen molar-refractivity contribution in [2.45, 2.75) is 0 Å². The lowest BCUT2D eigenvalue weighted by molar-refractivity contribution is -0.134. The second-order valence-corrected chi connectivity index (χ2v) is 5.47. The van der Waals surface area contributed by atoms with E-state index in [1.807, 2.05) is 0 Å². The maximum atomic E-state index is 11.6. The molecule has 0 spiro atoms. The highest BCUT2D eigenvalue weighted by molar-refractivity contribution is 7.89. The maximum absolute atomic E-state index is 11.6. The molecule has 0 aliphatic carbocycles. The van der Waals surface area contributed by atoms with E-state index < -0.39 is 27.8 Å². The van der Waals surface area contributed by atoms with Crippen molar-refractivity contribution in [1.29, 1.82) is 0 Å². The maximum Gasteiger partial charge on any atom is 0.409 e. The van der Waals surface area contributed by atoms with Gasteiger partial charge in [0.05, 0.1) is 7.11 Å². The van der Waals surface area contributed by atoms with Crippen molar-refractivity contribution >= 4 is 22.1 Å². The minimum absolute atomic E-state index is 0.0880. The lowest BCUT2D eigenvalue weighted by Gasteiger charge is -2.32. The van der Waals surface area contributed by atoms with Gasteiger partial charge in [-0.15, -0.1) is 0 Å². The molecule has 0 saturated carbocycles. The molecule has 9 heteroatoms. The Bertz CT molecular complexity index is 398. The first-order valence-electron chi connectivity index (χ1n) is 4.89. The Morgan fingerprint density at radius 3 is 2.18 bits per heavy atom. The molecule has 98 valence electrons. The number of aliphatic carboxylic acids is 1. The minimum Gasteiger partial charge on any atom is -0.480 e. The van der Waals surface area contributed by atoms with Gasteiger partial charge in [-0.05, 0) is 0 Å². The molecule has 0 aromatic rings. The van der Waals surface area contributed by atoms with E-state index in [2.05, 4.69) is 4.74 Å². The largest absolute Gasteiger partial charge is 0.480 e. The fourth-order valence-corrected chi connectivity index (χ4v) is 2.74. The van der Waals surface area contributed by atoms with Crippen LogP contribution in [0.1, 0.15) is 0 Å². The third-order valence-corrected chi connectivity index (χ3v) is 4.13. The van der Waals surface area contributed by atoms with Gasteiger partial charge in [-0.3, -0.25) is 4.79 Å². The van der Waals surface area contributed by atoms with Crippen molar-refractivity contribution in [3.05, 3.63) is 0 Å². The number of sulfonamides is 1. The van der Waals surface area contributed by atoms with Crippen LogP contribution in [0, 0.1) is 0 Å². The van der Waals surface area contributed by atoms with Gasteiger partial charge in [-0.2, -0.15) is 4.31 Å². The van der Waals surface area contributed by atoms with Gasteiger partial charge >= 0.3 is 12.1 Å². The zero-order valence-electron chi connectivity index (χ0n) is 9.33. The fourth-order valence-electron chi connectivity index (χ4n) is 1.53. The van der Waals surface area contributed by atoms with Gasteiger partial charge in [-0.25, -0.2) is 13.2 Å². The second-order valence-electron chi connectivity index (χ2n) is 3.51. The van der Waals surface area contributed by atoms with Gasteiger partial charge in [0.1, 0.15) is 0 Å². The summed E-state index contributed by atoms with van der Waals surface area (Å²) in [6, 6.07) is 0. The molecule has 8 nitrogen and oxygen atoms in total. The molecular weight excluding hydrogens is 252 g/mol. The van der Waals surface area contributed by atoms with Gasteiger partial charge in [-0.1, -0.05) is 0 Å². The fraction of sp³-hybridized carbons (Fsp3) is 0.750. The molecule has 1 heterocycles. The number of piperazine rings is 1. The highest BCUT2D eigenvalue weighted by Gasteiger charge is 2.30. The van der Waals surface area contributed by atoms with E-state index in [0.717, 1.165) is 4.31 Å². The molecule has 0 aromatic carbocycles. The number of methoxy groups -OCH3 is 1. The summed E-state index contributed by atoms with van der Waals surface area (Å²) in [7, 11) is -2.54. The van der Waals surface area contributed by atoms with E-state index >= 15 is 0 Å². The van der Waals surface area contributed by atoms with Crippen LogP contribution in [-0.4, -0.2) is 73.8 Å². The van der Waals surface area contributed by atoms with E-state index in [9.17, 15) is 18.0 Å². The molecule has 1 rings (SSSR count). The summed E-state index contributed by atoms with van der Waals surface area (Å²) in [5.41, 5.74) is 0. The number of amides is 1. The first-order valence-corrected chi connectivity index (χ1v) is 6.50. The topological polar surface area (TPSA) is 104 Å². The van der Waals surface area contributed by atoms with E-state index in [4.69, 9.17) is 5.11 Å². The Morgan fingerprint density at radius 1 is 1.24 bits per heavy atom. The predicted molar refractivity (Wildman–Crippen MR) is 57.0 cm³/mol. The summed E-state index contributed by atoms with van der Waals surface area (Å²) in [5, 5.41) is 8.47. The van der Waals surface area contributed by atoms with Crippen molar-refractivity contribution in [2.24, 2.45) is 0 Å². The highest BCUT2D eigenvalue weighted by Crippen LogP contribution is 2.08. The number of carbonyl (C=O) groups excluding carboxylic acids is 1. The zero-order chi connectivity index (χ0) is 13.1. The van der Waals surface area contributed by atoms with Gasteiger partial charge < -0.3 is 14.7 Å². The first kappa shape index (κ1) is 13.7. The van der Waals surface area contributed by atoms with Gasteiger partial charge in [0.25, 0.3) is 0 Å². The number of ether oxygens (including phenoxy) is 1. The third kappa shape index (κ3) is 3.56. The minimum atomic E-state index is -3.78.